The Morgan fingerprint density at radius 2 is 2.12 bits per heavy atom. The molecule has 0 aromatic rings. The molecule has 1 atom stereocenters. The van der Waals surface area contributed by atoms with Crippen molar-refractivity contribution in [3.63, 3.8) is 0 Å². The van der Waals surface area contributed by atoms with Crippen LogP contribution < -0.4 is 11.1 Å². The highest BCUT2D eigenvalue weighted by molar-refractivity contribution is 7.98. The van der Waals surface area contributed by atoms with E-state index >= 15 is 0 Å². The minimum absolute atomic E-state index is 0.0448. The molecule has 3 N–H and O–H groups in total. The van der Waals surface area contributed by atoms with Crippen LogP contribution in [0.3, 0.4) is 0 Å². The van der Waals surface area contributed by atoms with Gasteiger partial charge in [0.25, 0.3) is 0 Å². The van der Waals surface area contributed by atoms with Crippen molar-refractivity contribution in [1.29, 1.82) is 0 Å². The summed E-state index contributed by atoms with van der Waals surface area (Å²) in [5.74, 6) is 0.985. The summed E-state index contributed by atoms with van der Waals surface area (Å²) in [5.41, 5.74) is 5.22. The number of hydrogen-bond donors (Lipinski definition) is 2. The van der Waals surface area contributed by atoms with E-state index in [1.54, 1.807) is 11.8 Å². The Bertz CT molecular complexity index is 288. The molecule has 1 fully saturated rings. The van der Waals surface area contributed by atoms with Crippen LogP contribution in [0.5, 0.6) is 0 Å². The second-order valence-electron chi connectivity index (χ2n) is 4.69. The first-order chi connectivity index (χ1) is 8.06. The maximum atomic E-state index is 12.4. The van der Waals surface area contributed by atoms with E-state index < -0.39 is 5.41 Å². The molecule has 0 heterocycles. The van der Waals surface area contributed by atoms with Gasteiger partial charge < -0.3 is 11.1 Å². The Labute approximate surface area is 113 Å². The molecule has 1 aliphatic carbocycles. The fraction of sp³-hybridized carbons (Fsp3) is 0.833. The van der Waals surface area contributed by atoms with Crippen molar-refractivity contribution in [2.75, 3.05) is 12.0 Å². The van der Waals surface area contributed by atoms with Gasteiger partial charge in [0.1, 0.15) is 0 Å². The predicted octanol–water partition coefficient (Wildman–Crippen LogP) is 2.09. The van der Waals surface area contributed by atoms with Gasteiger partial charge in [0.05, 0.1) is 10.4 Å². The fourth-order valence-electron chi connectivity index (χ4n) is 2.35. The Morgan fingerprint density at radius 3 is 2.53 bits per heavy atom. The minimum Gasteiger partial charge on any atom is -0.392 e. The van der Waals surface area contributed by atoms with Crippen molar-refractivity contribution in [3.05, 3.63) is 0 Å². The Hall–Kier alpha value is -0.290. The molecule has 1 rings (SSSR count). The largest absolute Gasteiger partial charge is 0.392 e. The van der Waals surface area contributed by atoms with E-state index in [0.717, 1.165) is 37.9 Å². The van der Waals surface area contributed by atoms with E-state index in [1.165, 1.54) is 0 Å². The minimum atomic E-state index is -0.568. The van der Waals surface area contributed by atoms with Crippen molar-refractivity contribution in [2.24, 2.45) is 11.1 Å². The predicted molar refractivity (Wildman–Crippen MR) is 78.3 cm³/mol. The van der Waals surface area contributed by atoms with E-state index in [1.807, 2.05) is 6.26 Å². The summed E-state index contributed by atoms with van der Waals surface area (Å²) in [7, 11) is 0. The van der Waals surface area contributed by atoms with Crippen molar-refractivity contribution in [3.8, 4) is 0 Å². The highest BCUT2D eigenvalue weighted by Gasteiger charge is 2.44. The van der Waals surface area contributed by atoms with E-state index in [4.69, 9.17) is 18.0 Å². The monoisotopic (exact) mass is 274 g/mol. The lowest BCUT2D eigenvalue weighted by Crippen LogP contribution is -2.50. The number of thiocarbonyl (C=S) groups is 1. The zero-order valence-corrected chi connectivity index (χ0v) is 12.3. The second kappa shape index (κ2) is 6.59. The SMILES string of the molecule is CCC(CSC)NC(=O)C1(C(N)=S)CCCC1. The standard InChI is InChI=1S/C12H22N2OS2/c1-3-9(8-17-2)14-11(15)12(10(13)16)6-4-5-7-12/h9H,3-8H2,1-2H3,(H2,13,16)(H,14,15). The zero-order chi connectivity index (χ0) is 12.9. The zero-order valence-electron chi connectivity index (χ0n) is 10.6. The molecule has 3 nitrogen and oxygen atoms in total. The van der Waals surface area contributed by atoms with Crippen LogP contribution in [0, 0.1) is 5.41 Å². The van der Waals surface area contributed by atoms with Gasteiger partial charge >= 0.3 is 0 Å². The third kappa shape index (κ3) is 3.35. The van der Waals surface area contributed by atoms with Gasteiger partial charge in [0.15, 0.2) is 0 Å². The Balaban J connectivity index is 2.69. The first-order valence-electron chi connectivity index (χ1n) is 6.16. The summed E-state index contributed by atoms with van der Waals surface area (Å²) in [5, 5.41) is 3.10. The lowest BCUT2D eigenvalue weighted by Gasteiger charge is -2.28. The van der Waals surface area contributed by atoms with Gasteiger partial charge in [-0.05, 0) is 25.5 Å². The van der Waals surface area contributed by atoms with Gasteiger partial charge in [-0.1, -0.05) is 32.0 Å². The van der Waals surface area contributed by atoms with Gasteiger partial charge in [-0.3, -0.25) is 4.79 Å². The molecule has 0 aliphatic heterocycles. The number of hydrogen-bond acceptors (Lipinski definition) is 3. The number of carbonyl (C=O) groups excluding carboxylic acids is 1. The molecule has 0 spiro atoms. The van der Waals surface area contributed by atoms with Gasteiger partial charge in [-0.2, -0.15) is 11.8 Å². The number of rotatable bonds is 6. The van der Waals surface area contributed by atoms with E-state index in [0.29, 0.717) is 4.99 Å². The van der Waals surface area contributed by atoms with Crippen LogP contribution in [0.4, 0.5) is 0 Å². The highest BCUT2D eigenvalue weighted by atomic mass is 32.2. The molecule has 1 unspecified atom stereocenters. The number of amides is 1. The Morgan fingerprint density at radius 1 is 1.53 bits per heavy atom. The molecule has 0 aromatic carbocycles. The van der Waals surface area contributed by atoms with Crippen molar-refractivity contribution >= 4 is 34.9 Å². The van der Waals surface area contributed by atoms with Gasteiger partial charge in [0.2, 0.25) is 5.91 Å². The second-order valence-corrected chi connectivity index (χ2v) is 6.04. The molecule has 1 amide bonds. The van der Waals surface area contributed by atoms with Gasteiger partial charge in [0, 0.05) is 11.8 Å². The molecular weight excluding hydrogens is 252 g/mol. The summed E-state index contributed by atoms with van der Waals surface area (Å²) < 4.78 is 0. The summed E-state index contributed by atoms with van der Waals surface area (Å²) in [4.78, 5) is 12.7. The molecule has 0 aromatic heterocycles. The lowest BCUT2D eigenvalue weighted by atomic mass is 9.85. The van der Waals surface area contributed by atoms with Gasteiger partial charge in [-0.15, -0.1) is 0 Å². The molecule has 0 radical (unpaired) electrons. The number of nitrogens with one attached hydrogen (secondary N) is 1. The molecule has 0 saturated heterocycles. The first kappa shape index (κ1) is 14.8. The average Bonchev–Trinajstić information content (AvgIpc) is 2.78. The third-order valence-corrected chi connectivity index (χ3v) is 4.69. The highest BCUT2D eigenvalue weighted by Crippen LogP contribution is 2.38. The molecule has 1 saturated carbocycles. The van der Waals surface area contributed by atoms with Crippen molar-refractivity contribution < 1.29 is 4.79 Å². The maximum Gasteiger partial charge on any atom is 0.233 e. The van der Waals surface area contributed by atoms with E-state index in [-0.39, 0.29) is 11.9 Å². The number of nitrogens with two attached hydrogens (primary N) is 1. The average molecular weight is 274 g/mol. The first-order valence-corrected chi connectivity index (χ1v) is 7.97. The van der Waals surface area contributed by atoms with Crippen LogP contribution in [0.25, 0.3) is 0 Å². The molecular formula is C12H22N2OS2. The van der Waals surface area contributed by atoms with Crippen molar-refractivity contribution in [1.82, 2.24) is 5.32 Å². The van der Waals surface area contributed by atoms with Crippen molar-refractivity contribution in [2.45, 2.75) is 45.1 Å². The van der Waals surface area contributed by atoms with Crippen LogP contribution in [0.2, 0.25) is 0 Å². The summed E-state index contributed by atoms with van der Waals surface area (Å²) in [6.45, 7) is 2.09. The van der Waals surface area contributed by atoms with Crippen LogP contribution in [-0.4, -0.2) is 28.9 Å². The molecule has 0 bridgehead atoms. The lowest BCUT2D eigenvalue weighted by molar-refractivity contribution is -0.127. The number of thioether (sulfide) groups is 1. The normalized spacial score (nSPS) is 19.9. The maximum absolute atomic E-state index is 12.4. The Kier molecular flexibility index (Phi) is 5.73. The van der Waals surface area contributed by atoms with Crippen LogP contribution in [0.1, 0.15) is 39.0 Å². The van der Waals surface area contributed by atoms with Crippen LogP contribution in [0.15, 0.2) is 0 Å². The van der Waals surface area contributed by atoms with Crippen LogP contribution in [-0.2, 0) is 4.79 Å². The molecule has 5 heteroatoms. The fourth-order valence-corrected chi connectivity index (χ4v) is 3.37. The topological polar surface area (TPSA) is 55.1 Å². The molecule has 17 heavy (non-hydrogen) atoms. The van der Waals surface area contributed by atoms with Crippen LogP contribution >= 0.6 is 24.0 Å². The summed E-state index contributed by atoms with van der Waals surface area (Å²) >= 11 is 6.86. The summed E-state index contributed by atoms with van der Waals surface area (Å²) in [6.07, 6.45) is 6.70. The third-order valence-electron chi connectivity index (χ3n) is 3.56. The van der Waals surface area contributed by atoms with E-state index in [9.17, 15) is 4.79 Å². The summed E-state index contributed by atoms with van der Waals surface area (Å²) in [6, 6.07) is 0.226. The molecule has 98 valence electrons. The number of carbonyl (C=O) groups is 1. The smallest absolute Gasteiger partial charge is 0.233 e. The van der Waals surface area contributed by atoms with Gasteiger partial charge in [-0.25, -0.2) is 0 Å². The quantitative estimate of drug-likeness (QED) is 0.728. The van der Waals surface area contributed by atoms with E-state index in [2.05, 4.69) is 12.2 Å². The molecule has 1 aliphatic rings.